The van der Waals surface area contributed by atoms with Crippen LogP contribution in [0.2, 0.25) is 0 Å². The van der Waals surface area contributed by atoms with E-state index in [1.807, 2.05) is 11.3 Å². The van der Waals surface area contributed by atoms with Crippen molar-refractivity contribution in [3.05, 3.63) is 83.9 Å². The third kappa shape index (κ3) is 2.18. The maximum absolute atomic E-state index is 5.53. The second-order valence-electron chi connectivity index (χ2n) is 7.18. The molecule has 4 aromatic rings. The number of ether oxygens (including phenoxy) is 1. The molecule has 1 aliphatic rings. The quantitative estimate of drug-likeness (QED) is 0.410. The molecule has 3 aromatic carbocycles. The lowest BCUT2D eigenvalue weighted by molar-refractivity contribution is 0.414. The Labute approximate surface area is 163 Å². The Hall–Kier alpha value is -2.78. The second kappa shape index (κ2) is 5.86. The Balaban J connectivity index is 1.91. The van der Waals surface area contributed by atoms with Crippen molar-refractivity contribution in [3.63, 3.8) is 0 Å². The van der Waals surface area contributed by atoms with E-state index < -0.39 is 0 Å². The minimum atomic E-state index is -0.254. The monoisotopic (exact) mass is 371 g/mol. The van der Waals surface area contributed by atoms with Crippen LogP contribution in [0.5, 0.6) is 5.75 Å². The summed E-state index contributed by atoms with van der Waals surface area (Å²) in [6.07, 6.45) is 0. The van der Waals surface area contributed by atoms with Crippen molar-refractivity contribution in [1.82, 2.24) is 0 Å². The average molecular weight is 372 g/mol. The van der Waals surface area contributed by atoms with Crippen LogP contribution in [0.25, 0.3) is 20.5 Å². The molecule has 0 spiro atoms. The molecule has 0 bridgehead atoms. The highest BCUT2D eigenvalue weighted by molar-refractivity contribution is 7.22. The molecule has 0 fully saturated rings. The fraction of sp³-hybridized carbons (Fsp3) is 0.167. The van der Waals surface area contributed by atoms with Crippen molar-refractivity contribution in [2.45, 2.75) is 12.5 Å². The van der Waals surface area contributed by atoms with Crippen molar-refractivity contribution in [2.24, 2.45) is 0 Å². The zero-order valence-electron chi connectivity index (χ0n) is 15.7. The summed E-state index contributed by atoms with van der Waals surface area (Å²) in [5.41, 5.74) is 4.93. The number of rotatable bonds is 2. The Kier molecular flexibility index (Phi) is 3.56. The molecule has 3 heteroatoms. The predicted molar refractivity (Wildman–Crippen MR) is 115 cm³/mol. The van der Waals surface area contributed by atoms with Gasteiger partial charge in [-0.2, -0.15) is 0 Å². The number of nitrogens with zero attached hydrogens (tertiary/aromatic N) is 1. The molecule has 0 radical (unpaired) electrons. The first-order chi connectivity index (χ1) is 13.1. The van der Waals surface area contributed by atoms with Crippen LogP contribution in [0.3, 0.4) is 0 Å². The number of benzene rings is 3. The summed E-state index contributed by atoms with van der Waals surface area (Å²) in [6.45, 7) is 2.34. The maximum Gasteiger partial charge on any atom is 0.120 e. The molecule has 27 heavy (non-hydrogen) atoms. The van der Waals surface area contributed by atoms with Gasteiger partial charge in [-0.3, -0.25) is 0 Å². The van der Waals surface area contributed by atoms with E-state index in [1.54, 1.807) is 7.11 Å². The van der Waals surface area contributed by atoms with Crippen LogP contribution in [0.1, 0.15) is 18.1 Å². The predicted octanol–water partition coefficient (Wildman–Crippen LogP) is 6.29. The average Bonchev–Trinajstić information content (AvgIpc) is 3.12. The summed E-state index contributed by atoms with van der Waals surface area (Å²) >= 11 is 1.89. The lowest BCUT2D eigenvalue weighted by Gasteiger charge is -2.46. The molecular formula is C24H21NOS. The lowest BCUT2D eigenvalue weighted by atomic mass is 9.77. The molecule has 0 amide bonds. The van der Waals surface area contributed by atoms with Gasteiger partial charge in [0.2, 0.25) is 0 Å². The summed E-state index contributed by atoms with van der Waals surface area (Å²) in [4.78, 5) is 3.76. The van der Waals surface area contributed by atoms with E-state index in [2.05, 4.69) is 91.7 Å². The SMILES string of the molecule is COc1ccc2c(c1)N(C)C(C)(c1ccccc1)c1c-2sc2ccccc12. The largest absolute Gasteiger partial charge is 0.497 e. The van der Waals surface area contributed by atoms with Crippen LogP contribution in [0.4, 0.5) is 5.69 Å². The normalized spacial score (nSPS) is 18.3. The Bertz CT molecular complexity index is 1150. The number of anilines is 1. The smallest absolute Gasteiger partial charge is 0.120 e. The number of thiophene rings is 1. The Morgan fingerprint density at radius 2 is 1.67 bits per heavy atom. The van der Waals surface area contributed by atoms with Crippen LogP contribution < -0.4 is 9.64 Å². The first-order valence-electron chi connectivity index (χ1n) is 9.14. The molecular weight excluding hydrogens is 350 g/mol. The zero-order valence-corrected chi connectivity index (χ0v) is 16.5. The molecule has 5 rings (SSSR count). The van der Waals surface area contributed by atoms with E-state index in [4.69, 9.17) is 4.74 Å². The fourth-order valence-electron chi connectivity index (χ4n) is 4.34. The Morgan fingerprint density at radius 1 is 0.926 bits per heavy atom. The first-order valence-corrected chi connectivity index (χ1v) is 9.96. The molecule has 0 aliphatic carbocycles. The van der Waals surface area contributed by atoms with Crippen LogP contribution in [0, 0.1) is 0 Å². The van der Waals surface area contributed by atoms with Gasteiger partial charge in [-0.25, -0.2) is 0 Å². The molecule has 1 atom stereocenters. The van der Waals surface area contributed by atoms with Gasteiger partial charge >= 0.3 is 0 Å². The highest BCUT2D eigenvalue weighted by atomic mass is 32.1. The van der Waals surface area contributed by atoms with Gasteiger partial charge in [0.1, 0.15) is 5.75 Å². The van der Waals surface area contributed by atoms with Gasteiger partial charge in [0.15, 0.2) is 0 Å². The molecule has 2 nitrogen and oxygen atoms in total. The van der Waals surface area contributed by atoms with Crippen LogP contribution in [-0.4, -0.2) is 14.2 Å². The molecule has 0 saturated carbocycles. The number of methoxy groups -OCH3 is 1. The van der Waals surface area contributed by atoms with Gasteiger partial charge in [0, 0.05) is 39.5 Å². The number of hydrogen-bond acceptors (Lipinski definition) is 3. The molecule has 0 N–H and O–H groups in total. The van der Waals surface area contributed by atoms with Gasteiger partial charge in [0.05, 0.1) is 12.6 Å². The summed E-state index contributed by atoms with van der Waals surface area (Å²) in [6, 6.07) is 26.0. The number of hydrogen-bond donors (Lipinski definition) is 0. The summed E-state index contributed by atoms with van der Waals surface area (Å²) in [5.74, 6) is 0.889. The molecule has 1 unspecified atom stereocenters. The molecule has 2 heterocycles. The van der Waals surface area contributed by atoms with E-state index in [0.29, 0.717) is 0 Å². The van der Waals surface area contributed by atoms with Gasteiger partial charge < -0.3 is 9.64 Å². The topological polar surface area (TPSA) is 12.5 Å². The number of fused-ring (bicyclic) bond motifs is 5. The van der Waals surface area contributed by atoms with Crippen molar-refractivity contribution < 1.29 is 4.74 Å². The van der Waals surface area contributed by atoms with Gasteiger partial charge in [0.25, 0.3) is 0 Å². The van der Waals surface area contributed by atoms with Crippen LogP contribution in [-0.2, 0) is 5.54 Å². The third-order valence-corrected chi connectivity index (χ3v) is 7.10. The van der Waals surface area contributed by atoms with Crippen molar-refractivity contribution in [2.75, 3.05) is 19.1 Å². The van der Waals surface area contributed by atoms with Crippen molar-refractivity contribution in [3.8, 4) is 16.2 Å². The summed E-state index contributed by atoms with van der Waals surface area (Å²) < 4.78 is 6.86. The van der Waals surface area contributed by atoms with E-state index in [-0.39, 0.29) is 5.54 Å². The van der Waals surface area contributed by atoms with Crippen LogP contribution >= 0.6 is 11.3 Å². The molecule has 134 valence electrons. The standard InChI is InChI=1S/C24H21NOS/c1-24(16-9-5-4-6-10-16)22-19-11-7-8-12-21(19)27-23(22)18-14-13-17(26-3)15-20(18)25(24)2/h4-15H,1-3H3. The molecule has 1 aliphatic heterocycles. The maximum atomic E-state index is 5.53. The van der Waals surface area contributed by atoms with Crippen molar-refractivity contribution >= 4 is 27.1 Å². The second-order valence-corrected chi connectivity index (χ2v) is 8.23. The van der Waals surface area contributed by atoms with E-state index >= 15 is 0 Å². The zero-order chi connectivity index (χ0) is 18.6. The van der Waals surface area contributed by atoms with E-state index in [9.17, 15) is 0 Å². The first kappa shape index (κ1) is 16.4. The van der Waals surface area contributed by atoms with Gasteiger partial charge in [-0.15, -0.1) is 11.3 Å². The summed E-state index contributed by atoms with van der Waals surface area (Å²) in [7, 11) is 3.92. The molecule has 1 aromatic heterocycles. The summed E-state index contributed by atoms with van der Waals surface area (Å²) in [5, 5.41) is 1.34. The lowest BCUT2D eigenvalue weighted by Crippen LogP contribution is -2.44. The molecule has 0 saturated heterocycles. The third-order valence-electron chi connectivity index (χ3n) is 5.90. The van der Waals surface area contributed by atoms with Crippen molar-refractivity contribution in [1.29, 1.82) is 0 Å². The van der Waals surface area contributed by atoms with E-state index in [1.165, 1.54) is 37.3 Å². The van der Waals surface area contributed by atoms with Crippen LogP contribution in [0.15, 0.2) is 72.8 Å². The minimum Gasteiger partial charge on any atom is -0.497 e. The van der Waals surface area contributed by atoms with Gasteiger partial charge in [-0.1, -0.05) is 48.5 Å². The highest BCUT2D eigenvalue weighted by Crippen LogP contribution is 2.56. The van der Waals surface area contributed by atoms with Gasteiger partial charge in [-0.05, 0) is 36.1 Å². The Morgan fingerprint density at radius 3 is 2.44 bits per heavy atom. The minimum absolute atomic E-state index is 0.254. The fourth-order valence-corrected chi connectivity index (χ4v) is 5.68. The highest BCUT2D eigenvalue weighted by Gasteiger charge is 2.43. The van der Waals surface area contributed by atoms with E-state index in [0.717, 1.165) is 5.75 Å².